The molecule has 2 rings (SSSR count). The number of amides is 1. The highest BCUT2D eigenvalue weighted by Gasteiger charge is 2.27. The third-order valence-electron chi connectivity index (χ3n) is 3.60. The van der Waals surface area contributed by atoms with Crippen LogP contribution < -0.4 is 5.32 Å². The number of benzene rings is 1. The maximum atomic E-state index is 12.8. The summed E-state index contributed by atoms with van der Waals surface area (Å²) in [6.45, 7) is 4.75. The SMILES string of the molecule is CCCN(C(=O)c1cc(SC)ccc1Cl)C1CCNC1. The lowest BCUT2D eigenvalue weighted by molar-refractivity contribution is 0.0692. The first-order valence-corrected chi connectivity index (χ1v) is 8.62. The van der Waals surface area contributed by atoms with Crippen LogP contribution in [-0.4, -0.2) is 42.7 Å². The number of rotatable bonds is 5. The van der Waals surface area contributed by atoms with Crippen LogP contribution in [0.15, 0.2) is 23.1 Å². The molecule has 0 bridgehead atoms. The average molecular weight is 313 g/mol. The summed E-state index contributed by atoms with van der Waals surface area (Å²) in [6.07, 6.45) is 3.98. The van der Waals surface area contributed by atoms with Gasteiger partial charge in [0.2, 0.25) is 0 Å². The number of carbonyl (C=O) groups is 1. The molecule has 0 aromatic heterocycles. The topological polar surface area (TPSA) is 32.3 Å². The molecule has 0 aliphatic carbocycles. The molecule has 1 amide bonds. The molecule has 110 valence electrons. The fraction of sp³-hybridized carbons (Fsp3) is 0.533. The molecule has 1 N–H and O–H groups in total. The number of hydrogen-bond donors (Lipinski definition) is 1. The van der Waals surface area contributed by atoms with Gasteiger partial charge in [-0.2, -0.15) is 0 Å². The van der Waals surface area contributed by atoms with Crippen molar-refractivity contribution in [3.8, 4) is 0 Å². The standard InChI is InChI=1S/C15H21ClN2OS/c1-3-8-18(11-6-7-17-10-11)15(19)13-9-12(20-2)4-5-14(13)16/h4-5,9,11,17H,3,6-8,10H2,1-2H3. The van der Waals surface area contributed by atoms with Crippen LogP contribution in [0.5, 0.6) is 0 Å². The lowest BCUT2D eigenvalue weighted by atomic mass is 10.1. The van der Waals surface area contributed by atoms with Gasteiger partial charge < -0.3 is 10.2 Å². The molecule has 1 aliphatic rings. The Morgan fingerprint density at radius 3 is 2.95 bits per heavy atom. The van der Waals surface area contributed by atoms with Crippen LogP contribution in [0.2, 0.25) is 5.02 Å². The van der Waals surface area contributed by atoms with Gasteiger partial charge in [0.05, 0.1) is 10.6 Å². The van der Waals surface area contributed by atoms with Gasteiger partial charge in [-0.25, -0.2) is 0 Å². The zero-order chi connectivity index (χ0) is 14.5. The van der Waals surface area contributed by atoms with Crippen LogP contribution >= 0.6 is 23.4 Å². The van der Waals surface area contributed by atoms with Gasteiger partial charge >= 0.3 is 0 Å². The van der Waals surface area contributed by atoms with Crippen molar-refractivity contribution in [2.24, 2.45) is 0 Å². The summed E-state index contributed by atoms with van der Waals surface area (Å²) < 4.78 is 0. The van der Waals surface area contributed by atoms with Crippen LogP contribution in [0.25, 0.3) is 0 Å². The van der Waals surface area contributed by atoms with Gasteiger partial charge in [0, 0.05) is 24.0 Å². The third kappa shape index (κ3) is 3.48. The van der Waals surface area contributed by atoms with Crippen molar-refractivity contribution in [2.75, 3.05) is 25.9 Å². The second kappa shape index (κ2) is 7.34. The van der Waals surface area contributed by atoms with Crippen LogP contribution in [0.3, 0.4) is 0 Å². The summed E-state index contributed by atoms with van der Waals surface area (Å²) in [4.78, 5) is 15.9. The van der Waals surface area contributed by atoms with Gasteiger partial charge in [-0.3, -0.25) is 4.79 Å². The fourth-order valence-corrected chi connectivity index (χ4v) is 3.18. The van der Waals surface area contributed by atoms with E-state index >= 15 is 0 Å². The van der Waals surface area contributed by atoms with E-state index in [1.807, 2.05) is 29.4 Å². The summed E-state index contributed by atoms with van der Waals surface area (Å²) in [5.41, 5.74) is 0.624. The average Bonchev–Trinajstić information content (AvgIpc) is 2.98. The molecule has 1 unspecified atom stereocenters. The molecule has 1 saturated heterocycles. The van der Waals surface area contributed by atoms with E-state index in [1.165, 1.54) is 0 Å². The van der Waals surface area contributed by atoms with Gasteiger partial charge in [0.1, 0.15) is 0 Å². The monoisotopic (exact) mass is 312 g/mol. The van der Waals surface area contributed by atoms with Gasteiger partial charge in [0.15, 0.2) is 0 Å². The highest BCUT2D eigenvalue weighted by Crippen LogP contribution is 2.25. The molecule has 1 atom stereocenters. The van der Waals surface area contributed by atoms with Crippen LogP contribution in [0, 0.1) is 0 Å². The molecule has 5 heteroatoms. The van der Waals surface area contributed by atoms with Gasteiger partial charge in [-0.05, 0) is 43.8 Å². The molecule has 3 nitrogen and oxygen atoms in total. The zero-order valence-corrected chi connectivity index (χ0v) is 13.6. The molecular formula is C15H21ClN2OS. The van der Waals surface area contributed by atoms with Crippen molar-refractivity contribution in [2.45, 2.75) is 30.7 Å². The first kappa shape index (κ1) is 15.7. The molecule has 1 heterocycles. The Hall–Kier alpha value is -0.710. The van der Waals surface area contributed by atoms with Crippen molar-refractivity contribution in [1.29, 1.82) is 0 Å². The van der Waals surface area contributed by atoms with E-state index in [0.29, 0.717) is 10.6 Å². The molecule has 0 radical (unpaired) electrons. The maximum Gasteiger partial charge on any atom is 0.255 e. The predicted octanol–water partition coefficient (Wildman–Crippen LogP) is 3.28. The van der Waals surface area contributed by atoms with E-state index in [-0.39, 0.29) is 11.9 Å². The van der Waals surface area contributed by atoms with E-state index < -0.39 is 0 Å². The summed E-state index contributed by atoms with van der Waals surface area (Å²) in [7, 11) is 0. The van der Waals surface area contributed by atoms with Crippen LogP contribution in [-0.2, 0) is 0 Å². The van der Waals surface area contributed by atoms with Gasteiger partial charge in [0.25, 0.3) is 5.91 Å². The third-order valence-corrected chi connectivity index (χ3v) is 4.66. The Kier molecular flexibility index (Phi) is 5.75. The Balaban J connectivity index is 2.26. The normalized spacial score (nSPS) is 18.2. The van der Waals surface area contributed by atoms with Gasteiger partial charge in [-0.15, -0.1) is 11.8 Å². The first-order chi connectivity index (χ1) is 9.67. The number of hydrogen-bond acceptors (Lipinski definition) is 3. The van der Waals surface area contributed by atoms with Crippen molar-refractivity contribution >= 4 is 29.3 Å². The minimum absolute atomic E-state index is 0.0569. The largest absolute Gasteiger partial charge is 0.334 e. The quantitative estimate of drug-likeness (QED) is 0.847. The molecule has 0 spiro atoms. The molecule has 1 fully saturated rings. The molecular weight excluding hydrogens is 292 g/mol. The summed E-state index contributed by atoms with van der Waals surface area (Å²) in [5.74, 6) is 0.0569. The van der Waals surface area contributed by atoms with Crippen molar-refractivity contribution in [3.63, 3.8) is 0 Å². The molecule has 0 saturated carbocycles. The predicted molar refractivity (Wildman–Crippen MR) is 85.8 cm³/mol. The number of carbonyl (C=O) groups excluding carboxylic acids is 1. The Morgan fingerprint density at radius 2 is 2.35 bits per heavy atom. The number of halogens is 1. The Bertz CT molecular complexity index is 475. The van der Waals surface area contributed by atoms with Crippen molar-refractivity contribution in [3.05, 3.63) is 28.8 Å². The summed E-state index contributed by atoms with van der Waals surface area (Å²) >= 11 is 7.85. The lowest BCUT2D eigenvalue weighted by Gasteiger charge is -2.28. The highest BCUT2D eigenvalue weighted by atomic mass is 35.5. The summed E-state index contributed by atoms with van der Waals surface area (Å²) in [5, 5.41) is 3.87. The van der Waals surface area contributed by atoms with Gasteiger partial charge in [-0.1, -0.05) is 18.5 Å². The first-order valence-electron chi connectivity index (χ1n) is 7.02. The second-order valence-electron chi connectivity index (χ2n) is 4.99. The van der Waals surface area contributed by atoms with Crippen LogP contribution in [0.1, 0.15) is 30.1 Å². The van der Waals surface area contributed by atoms with Crippen molar-refractivity contribution < 1.29 is 4.79 Å². The number of nitrogens with zero attached hydrogens (tertiary/aromatic N) is 1. The number of thioether (sulfide) groups is 1. The zero-order valence-electron chi connectivity index (χ0n) is 12.0. The van der Waals surface area contributed by atoms with Crippen molar-refractivity contribution in [1.82, 2.24) is 10.2 Å². The van der Waals surface area contributed by atoms with Crippen LogP contribution in [0.4, 0.5) is 0 Å². The second-order valence-corrected chi connectivity index (χ2v) is 6.28. The summed E-state index contributed by atoms with van der Waals surface area (Å²) in [6, 6.07) is 5.96. The maximum absolute atomic E-state index is 12.8. The smallest absolute Gasteiger partial charge is 0.255 e. The van der Waals surface area contributed by atoms with E-state index in [9.17, 15) is 4.79 Å². The minimum Gasteiger partial charge on any atom is -0.334 e. The number of nitrogens with one attached hydrogen (secondary N) is 1. The molecule has 1 aliphatic heterocycles. The highest BCUT2D eigenvalue weighted by molar-refractivity contribution is 7.98. The molecule has 1 aromatic rings. The molecule has 20 heavy (non-hydrogen) atoms. The van der Waals surface area contributed by atoms with E-state index in [1.54, 1.807) is 11.8 Å². The Labute approximate surface area is 130 Å². The van der Waals surface area contributed by atoms with E-state index in [4.69, 9.17) is 11.6 Å². The minimum atomic E-state index is 0.0569. The lowest BCUT2D eigenvalue weighted by Crippen LogP contribution is -2.42. The fourth-order valence-electron chi connectivity index (χ4n) is 2.55. The van der Waals surface area contributed by atoms with E-state index in [0.717, 1.165) is 37.4 Å². The molecule has 1 aromatic carbocycles. The Morgan fingerprint density at radius 1 is 1.55 bits per heavy atom. The van der Waals surface area contributed by atoms with E-state index in [2.05, 4.69) is 12.2 Å².